The van der Waals surface area contributed by atoms with Crippen LogP contribution in [0.4, 0.5) is 20.2 Å². The van der Waals surface area contributed by atoms with Crippen LogP contribution >= 0.6 is 11.6 Å². The summed E-state index contributed by atoms with van der Waals surface area (Å²) >= 11 is 6.31. The zero-order chi connectivity index (χ0) is 24.6. The van der Waals surface area contributed by atoms with Gasteiger partial charge in [0, 0.05) is 43.0 Å². The molecule has 5 rings (SSSR count). The average Bonchev–Trinajstić information content (AvgIpc) is 3.38. The Kier molecular flexibility index (Phi) is 6.09. The molecule has 7 nitrogen and oxygen atoms in total. The highest BCUT2D eigenvalue weighted by Crippen LogP contribution is 2.41. The topological polar surface area (TPSA) is 91.1 Å². The van der Waals surface area contributed by atoms with E-state index in [0.717, 1.165) is 5.69 Å². The Morgan fingerprint density at radius 3 is 2.94 bits per heavy atom. The van der Waals surface area contributed by atoms with Crippen LogP contribution in [0.1, 0.15) is 28.0 Å². The van der Waals surface area contributed by atoms with Gasteiger partial charge in [-0.2, -0.15) is 0 Å². The van der Waals surface area contributed by atoms with Gasteiger partial charge in [-0.05, 0) is 18.2 Å². The van der Waals surface area contributed by atoms with Crippen molar-refractivity contribution in [1.82, 2.24) is 20.6 Å². The fourth-order valence-corrected chi connectivity index (χ4v) is 4.60. The van der Waals surface area contributed by atoms with Crippen LogP contribution < -0.4 is 20.7 Å². The molecule has 180 valence electrons. The molecule has 0 unspecified atom stereocenters. The maximum absolute atomic E-state index is 13.6. The molecule has 1 amide bonds. The van der Waals surface area contributed by atoms with E-state index in [4.69, 9.17) is 16.3 Å². The van der Waals surface area contributed by atoms with Crippen molar-refractivity contribution in [3.05, 3.63) is 58.5 Å². The standard InChI is InChI=1S/C25H22ClF2N5O2/c1-35-23-17(26)3-2-4-19(23)33-22-20-18(8-10-30-24(20)34)32-21(22)16-7-9-29-12-14(16)5-6-15-11-25(27,28)13-31-15/h2-4,7,9,12,15,31-33H,8,10-11,13H2,1H3,(H,30,34)/t15-/m0/s1. The van der Waals surface area contributed by atoms with Crippen LogP contribution in [-0.4, -0.2) is 48.0 Å². The molecule has 2 aliphatic rings. The first-order chi connectivity index (χ1) is 16.9. The van der Waals surface area contributed by atoms with Crippen LogP contribution in [0.25, 0.3) is 11.3 Å². The first kappa shape index (κ1) is 23.1. The van der Waals surface area contributed by atoms with Gasteiger partial charge in [-0.1, -0.05) is 29.5 Å². The van der Waals surface area contributed by atoms with Crippen molar-refractivity contribution in [3.8, 4) is 28.8 Å². The molecule has 1 fully saturated rings. The molecule has 4 heterocycles. The van der Waals surface area contributed by atoms with Crippen LogP contribution in [0.2, 0.25) is 5.02 Å². The van der Waals surface area contributed by atoms with Gasteiger partial charge in [-0.3, -0.25) is 15.1 Å². The van der Waals surface area contributed by atoms with Crippen molar-refractivity contribution in [2.75, 3.05) is 25.5 Å². The number of amides is 1. The third-order valence-electron chi connectivity index (χ3n) is 5.98. The number of alkyl halides is 2. The van der Waals surface area contributed by atoms with Gasteiger partial charge < -0.3 is 20.4 Å². The van der Waals surface area contributed by atoms with E-state index in [2.05, 4.69) is 37.8 Å². The molecule has 0 saturated carbocycles. The average molecular weight is 498 g/mol. The molecular weight excluding hydrogens is 476 g/mol. The van der Waals surface area contributed by atoms with Crippen molar-refractivity contribution in [2.24, 2.45) is 0 Å². The molecule has 10 heteroatoms. The van der Waals surface area contributed by atoms with Gasteiger partial charge in [0.15, 0.2) is 5.75 Å². The van der Waals surface area contributed by atoms with Gasteiger partial charge in [0.05, 0.1) is 52.9 Å². The molecule has 4 N–H and O–H groups in total. The lowest BCUT2D eigenvalue weighted by atomic mass is 10.0. The van der Waals surface area contributed by atoms with Gasteiger partial charge in [0.1, 0.15) is 0 Å². The highest BCUT2D eigenvalue weighted by Gasteiger charge is 2.38. The number of rotatable bonds is 4. The third-order valence-corrected chi connectivity index (χ3v) is 6.28. The fourth-order valence-electron chi connectivity index (χ4n) is 4.35. The number of nitrogens with one attached hydrogen (secondary N) is 4. The molecule has 1 aromatic carbocycles. The Bertz CT molecular complexity index is 1360. The lowest BCUT2D eigenvalue weighted by Gasteiger charge is -2.17. The molecule has 0 aliphatic carbocycles. The van der Waals surface area contributed by atoms with E-state index in [9.17, 15) is 13.6 Å². The summed E-state index contributed by atoms with van der Waals surface area (Å²) in [6.07, 6.45) is 3.48. The van der Waals surface area contributed by atoms with Crippen LogP contribution in [0, 0.1) is 11.8 Å². The van der Waals surface area contributed by atoms with E-state index in [1.54, 1.807) is 36.7 Å². The summed E-state index contributed by atoms with van der Waals surface area (Å²) in [6, 6.07) is 6.45. The number of nitrogens with zero attached hydrogens (tertiary/aromatic N) is 1. The largest absolute Gasteiger partial charge is 0.493 e. The minimum absolute atomic E-state index is 0.212. The summed E-state index contributed by atoms with van der Waals surface area (Å²) in [4.78, 5) is 20.4. The molecule has 3 aromatic rings. The summed E-state index contributed by atoms with van der Waals surface area (Å²) in [7, 11) is 1.52. The zero-order valence-electron chi connectivity index (χ0n) is 18.8. The quantitative estimate of drug-likeness (QED) is 0.407. The highest BCUT2D eigenvalue weighted by molar-refractivity contribution is 6.32. The Balaban J connectivity index is 1.61. The second kappa shape index (κ2) is 9.21. The number of hydrogen-bond acceptors (Lipinski definition) is 5. The summed E-state index contributed by atoms with van der Waals surface area (Å²) in [5.41, 5.74) is 4.25. The normalized spacial score (nSPS) is 18.3. The number of para-hydroxylation sites is 1. The van der Waals surface area contributed by atoms with E-state index >= 15 is 0 Å². The highest BCUT2D eigenvalue weighted by atomic mass is 35.5. The van der Waals surface area contributed by atoms with E-state index in [1.165, 1.54) is 7.11 Å². The number of H-pyrrole nitrogens is 1. The van der Waals surface area contributed by atoms with Crippen molar-refractivity contribution in [1.29, 1.82) is 0 Å². The summed E-state index contributed by atoms with van der Waals surface area (Å²) < 4.78 is 32.6. The molecule has 0 bridgehead atoms. The summed E-state index contributed by atoms with van der Waals surface area (Å²) in [5, 5.41) is 9.36. The Labute approximate surface area is 205 Å². The summed E-state index contributed by atoms with van der Waals surface area (Å²) in [5.74, 6) is 3.36. The Morgan fingerprint density at radius 1 is 1.31 bits per heavy atom. The molecule has 2 aromatic heterocycles. The maximum Gasteiger partial charge on any atom is 0.262 e. The number of ether oxygens (including phenoxy) is 1. The van der Waals surface area contributed by atoms with Crippen LogP contribution in [0.3, 0.4) is 0 Å². The minimum Gasteiger partial charge on any atom is -0.493 e. The van der Waals surface area contributed by atoms with Crippen molar-refractivity contribution in [2.45, 2.75) is 24.8 Å². The predicted octanol–water partition coefficient (Wildman–Crippen LogP) is 4.12. The number of pyridine rings is 1. The fraction of sp³-hybridized carbons (Fsp3) is 0.280. The molecule has 0 radical (unpaired) electrons. The number of methoxy groups -OCH3 is 1. The van der Waals surface area contributed by atoms with E-state index in [1.807, 2.05) is 0 Å². The number of carbonyl (C=O) groups excluding carboxylic acids is 1. The van der Waals surface area contributed by atoms with Crippen LogP contribution in [-0.2, 0) is 6.42 Å². The number of aromatic amines is 1. The summed E-state index contributed by atoms with van der Waals surface area (Å²) in [6.45, 7) is 0.122. The second-order valence-electron chi connectivity index (χ2n) is 8.36. The molecule has 1 atom stereocenters. The van der Waals surface area contributed by atoms with Crippen molar-refractivity contribution >= 4 is 28.9 Å². The van der Waals surface area contributed by atoms with Crippen LogP contribution in [0.5, 0.6) is 5.75 Å². The Hall–Kier alpha value is -3.61. The van der Waals surface area contributed by atoms with E-state index < -0.39 is 12.0 Å². The molecule has 0 spiro atoms. The minimum atomic E-state index is -2.77. The molecular formula is C25H22ClF2N5O2. The van der Waals surface area contributed by atoms with Gasteiger partial charge in [0.2, 0.25) is 0 Å². The maximum atomic E-state index is 13.6. The third kappa shape index (κ3) is 4.55. The number of carbonyl (C=O) groups is 1. The monoisotopic (exact) mass is 497 g/mol. The number of benzene rings is 1. The lowest BCUT2D eigenvalue weighted by Crippen LogP contribution is -2.31. The number of hydrogen-bond donors (Lipinski definition) is 4. The Morgan fingerprint density at radius 2 is 2.17 bits per heavy atom. The van der Waals surface area contributed by atoms with Gasteiger partial charge in [0.25, 0.3) is 11.8 Å². The number of halogens is 3. The number of fused-ring (bicyclic) bond motifs is 1. The van der Waals surface area contributed by atoms with Gasteiger partial charge in [-0.25, -0.2) is 8.78 Å². The number of anilines is 2. The predicted molar refractivity (Wildman–Crippen MR) is 130 cm³/mol. The lowest BCUT2D eigenvalue weighted by molar-refractivity contribution is 0.0224. The van der Waals surface area contributed by atoms with Crippen LogP contribution in [0.15, 0.2) is 36.7 Å². The molecule has 2 aliphatic heterocycles. The molecule has 1 saturated heterocycles. The van der Waals surface area contributed by atoms with Gasteiger partial charge in [-0.15, -0.1) is 0 Å². The van der Waals surface area contributed by atoms with Crippen molar-refractivity contribution in [3.63, 3.8) is 0 Å². The van der Waals surface area contributed by atoms with Crippen molar-refractivity contribution < 1.29 is 18.3 Å². The van der Waals surface area contributed by atoms with E-state index in [0.29, 0.717) is 57.5 Å². The first-order valence-electron chi connectivity index (χ1n) is 11.1. The number of aromatic nitrogens is 2. The second-order valence-corrected chi connectivity index (χ2v) is 8.77. The SMILES string of the molecule is COc1c(Cl)cccc1Nc1c(-c2ccncc2C#C[C@H]2CC(F)(F)CN2)[nH]c2c1C(=O)NCC2. The smallest absolute Gasteiger partial charge is 0.262 e. The molecule has 35 heavy (non-hydrogen) atoms. The van der Waals surface area contributed by atoms with Gasteiger partial charge >= 0.3 is 0 Å². The zero-order valence-corrected chi connectivity index (χ0v) is 19.5. The first-order valence-corrected chi connectivity index (χ1v) is 11.4. The van der Waals surface area contributed by atoms with E-state index in [-0.39, 0.29) is 18.9 Å².